The molecule has 5 nitrogen and oxygen atoms in total. The van der Waals surface area contributed by atoms with Crippen molar-refractivity contribution in [2.45, 2.75) is 19.8 Å². The summed E-state index contributed by atoms with van der Waals surface area (Å²) in [5.74, 6) is 0.790. The molecule has 14 heavy (non-hydrogen) atoms. The lowest BCUT2D eigenvalue weighted by Crippen LogP contribution is -2.33. The third kappa shape index (κ3) is 2.73. The summed E-state index contributed by atoms with van der Waals surface area (Å²) in [4.78, 5) is 22.7. The zero-order chi connectivity index (χ0) is 10.6. The molecule has 6 heteroatoms. The molecule has 0 aromatic heterocycles. The van der Waals surface area contributed by atoms with E-state index in [1.807, 2.05) is 0 Å². The molecule has 1 heterocycles. The SMILES string of the molecule is CCC(=O)N1CCCS/C1=C\[N+](=O)[O-]. The van der Waals surface area contributed by atoms with Crippen molar-refractivity contribution in [3.63, 3.8) is 0 Å². The standard InChI is InChI=1S/C8H12N2O3S/c1-2-7(11)9-4-3-5-14-8(9)6-10(12)13/h6H,2-5H2,1H3/b8-6-. The molecule has 0 saturated carbocycles. The number of carbonyl (C=O) groups excluding carboxylic acids is 1. The van der Waals surface area contributed by atoms with E-state index in [1.54, 1.807) is 6.92 Å². The third-order valence-electron chi connectivity index (χ3n) is 1.86. The van der Waals surface area contributed by atoms with Crippen molar-refractivity contribution >= 4 is 17.7 Å². The van der Waals surface area contributed by atoms with Gasteiger partial charge in [0.05, 0.1) is 4.92 Å². The molecule has 0 radical (unpaired) electrons. The van der Waals surface area contributed by atoms with E-state index in [2.05, 4.69) is 0 Å². The maximum atomic E-state index is 11.4. The molecule has 1 rings (SSSR count). The molecule has 0 unspecified atom stereocenters. The summed E-state index contributed by atoms with van der Waals surface area (Å²) in [6.07, 6.45) is 2.19. The van der Waals surface area contributed by atoms with E-state index in [0.717, 1.165) is 18.4 Å². The van der Waals surface area contributed by atoms with Gasteiger partial charge in [0.25, 0.3) is 6.20 Å². The predicted molar refractivity (Wildman–Crippen MR) is 54.2 cm³/mol. The number of nitrogens with zero attached hydrogens (tertiary/aromatic N) is 2. The zero-order valence-electron chi connectivity index (χ0n) is 7.93. The van der Waals surface area contributed by atoms with Crippen LogP contribution in [0.15, 0.2) is 11.2 Å². The molecule has 0 spiro atoms. The smallest absolute Gasteiger partial charge is 0.264 e. The summed E-state index contributed by atoms with van der Waals surface area (Å²) in [7, 11) is 0. The average molecular weight is 216 g/mol. The van der Waals surface area contributed by atoms with Gasteiger partial charge < -0.3 is 4.90 Å². The van der Waals surface area contributed by atoms with E-state index >= 15 is 0 Å². The van der Waals surface area contributed by atoms with Crippen molar-refractivity contribution < 1.29 is 9.72 Å². The maximum Gasteiger partial charge on any atom is 0.264 e. The Kier molecular flexibility index (Phi) is 3.94. The number of hydrogen-bond acceptors (Lipinski definition) is 4. The first-order chi connectivity index (χ1) is 6.65. The first-order valence-corrected chi connectivity index (χ1v) is 5.42. The molecule has 0 N–H and O–H groups in total. The highest BCUT2D eigenvalue weighted by Gasteiger charge is 2.23. The van der Waals surface area contributed by atoms with Gasteiger partial charge in [-0.05, 0) is 6.42 Å². The molecule has 1 aliphatic heterocycles. The van der Waals surface area contributed by atoms with Crippen LogP contribution in [0, 0.1) is 10.1 Å². The molecule has 0 atom stereocenters. The molecule has 0 aliphatic carbocycles. The zero-order valence-corrected chi connectivity index (χ0v) is 8.75. The highest BCUT2D eigenvalue weighted by Crippen LogP contribution is 2.27. The summed E-state index contributed by atoms with van der Waals surface area (Å²) in [5, 5.41) is 10.8. The monoisotopic (exact) mass is 216 g/mol. The van der Waals surface area contributed by atoms with Gasteiger partial charge in [-0.1, -0.05) is 6.92 Å². The van der Waals surface area contributed by atoms with Crippen LogP contribution in [0.25, 0.3) is 0 Å². The lowest BCUT2D eigenvalue weighted by Gasteiger charge is -2.26. The molecule has 0 aromatic rings. The number of thioether (sulfide) groups is 1. The van der Waals surface area contributed by atoms with Gasteiger partial charge in [-0.15, -0.1) is 11.8 Å². The normalized spacial score (nSPS) is 19.8. The number of rotatable bonds is 2. The van der Waals surface area contributed by atoms with E-state index in [-0.39, 0.29) is 5.91 Å². The summed E-state index contributed by atoms with van der Waals surface area (Å²) < 4.78 is 0. The van der Waals surface area contributed by atoms with E-state index in [9.17, 15) is 14.9 Å². The van der Waals surface area contributed by atoms with Crippen molar-refractivity contribution in [3.8, 4) is 0 Å². The molecule has 0 aromatic carbocycles. The van der Waals surface area contributed by atoms with Crippen LogP contribution in [0.3, 0.4) is 0 Å². The molecule has 1 aliphatic rings. The van der Waals surface area contributed by atoms with Gasteiger partial charge in [0, 0.05) is 18.7 Å². The van der Waals surface area contributed by atoms with Crippen LogP contribution in [-0.4, -0.2) is 28.0 Å². The minimum absolute atomic E-state index is 0.0506. The summed E-state index contributed by atoms with van der Waals surface area (Å²) in [5.41, 5.74) is 0. The summed E-state index contributed by atoms with van der Waals surface area (Å²) in [6, 6.07) is 0. The fourth-order valence-electron chi connectivity index (χ4n) is 1.22. The number of nitro groups is 1. The number of amides is 1. The molecule has 1 saturated heterocycles. The Morgan fingerprint density at radius 1 is 1.79 bits per heavy atom. The van der Waals surface area contributed by atoms with Crippen LogP contribution in [-0.2, 0) is 4.79 Å². The molecule has 1 fully saturated rings. The Balaban J connectivity index is 2.78. The van der Waals surface area contributed by atoms with Gasteiger partial charge in [-0.2, -0.15) is 0 Å². The van der Waals surface area contributed by atoms with Crippen LogP contribution >= 0.6 is 11.8 Å². The van der Waals surface area contributed by atoms with Crippen molar-refractivity contribution in [2.24, 2.45) is 0 Å². The van der Waals surface area contributed by atoms with E-state index in [1.165, 1.54) is 16.7 Å². The molecule has 0 bridgehead atoms. The minimum atomic E-state index is -0.510. The van der Waals surface area contributed by atoms with Gasteiger partial charge in [-0.3, -0.25) is 14.9 Å². The van der Waals surface area contributed by atoms with Crippen LogP contribution < -0.4 is 0 Å². The minimum Gasteiger partial charge on any atom is -0.302 e. The fourth-order valence-corrected chi connectivity index (χ4v) is 2.22. The van der Waals surface area contributed by atoms with E-state index in [4.69, 9.17) is 0 Å². The van der Waals surface area contributed by atoms with Crippen molar-refractivity contribution in [2.75, 3.05) is 12.3 Å². The lowest BCUT2D eigenvalue weighted by molar-refractivity contribution is -0.403. The Hall–Kier alpha value is -1.04. The van der Waals surface area contributed by atoms with Gasteiger partial charge >= 0.3 is 0 Å². The second-order valence-electron chi connectivity index (χ2n) is 2.85. The number of hydrogen-bond donors (Lipinski definition) is 0. The molecular weight excluding hydrogens is 204 g/mol. The Bertz CT molecular complexity index is 278. The maximum absolute atomic E-state index is 11.4. The van der Waals surface area contributed by atoms with E-state index in [0.29, 0.717) is 18.0 Å². The van der Waals surface area contributed by atoms with Gasteiger partial charge in [0.2, 0.25) is 5.91 Å². The quantitative estimate of drug-likeness (QED) is 0.517. The first kappa shape index (κ1) is 11.0. The molecule has 1 amide bonds. The van der Waals surface area contributed by atoms with Gasteiger partial charge in [-0.25, -0.2) is 0 Å². The first-order valence-electron chi connectivity index (χ1n) is 4.43. The highest BCUT2D eigenvalue weighted by atomic mass is 32.2. The number of carbonyl (C=O) groups is 1. The summed E-state index contributed by atoms with van der Waals surface area (Å²) in [6.45, 7) is 2.35. The second-order valence-corrected chi connectivity index (χ2v) is 3.97. The van der Waals surface area contributed by atoms with Crippen molar-refractivity contribution in [3.05, 3.63) is 21.3 Å². The Labute approximate surface area is 86.3 Å². The molecule has 78 valence electrons. The molecular formula is C8H12N2O3S. The Morgan fingerprint density at radius 2 is 2.50 bits per heavy atom. The van der Waals surface area contributed by atoms with Gasteiger partial charge in [0.15, 0.2) is 0 Å². The van der Waals surface area contributed by atoms with E-state index < -0.39 is 4.92 Å². The topological polar surface area (TPSA) is 63.5 Å². The summed E-state index contributed by atoms with van der Waals surface area (Å²) >= 11 is 1.37. The van der Waals surface area contributed by atoms with Crippen LogP contribution in [0.4, 0.5) is 0 Å². The average Bonchev–Trinajstić information content (AvgIpc) is 2.16. The van der Waals surface area contributed by atoms with Crippen LogP contribution in [0.2, 0.25) is 0 Å². The Morgan fingerprint density at radius 3 is 3.07 bits per heavy atom. The van der Waals surface area contributed by atoms with Crippen molar-refractivity contribution in [1.82, 2.24) is 4.90 Å². The van der Waals surface area contributed by atoms with Gasteiger partial charge in [0.1, 0.15) is 5.03 Å². The van der Waals surface area contributed by atoms with Crippen molar-refractivity contribution in [1.29, 1.82) is 0 Å². The van der Waals surface area contributed by atoms with Crippen LogP contribution in [0.1, 0.15) is 19.8 Å². The van der Waals surface area contributed by atoms with Crippen LogP contribution in [0.5, 0.6) is 0 Å². The predicted octanol–water partition coefficient (Wildman–Crippen LogP) is 1.44. The largest absolute Gasteiger partial charge is 0.302 e. The lowest BCUT2D eigenvalue weighted by atomic mass is 10.3. The third-order valence-corrected chi connectivity index (χ3v) is 2.98. The highest BCUT2D eigenvalue weighted by molar-refractivity contribution is 8.03. The second kappa shape index (κ2) is 4.99. The fraction of sp³-hybridized carbons (Fsp3) is 0.625.